The highest BCUT2D eigenvalue weighted by molar-refractivity contribution is 6.48. The minimum absolute atomic E-state index is 0.163. The van der Waals surface area contributed by atoms with Gasteiger partial charge in [-0.1, -0.05) is 20.8 Å². The van der Waals surface area contributed by atoms with Crippen LogP contribution >= 0.6 is 0 Å². The first-order valence-corrected chi connectivity index (χ1v) is 12.4. The number of benzene rings is 1. The second kappa shape index (κ2) is 7.48. The Kier molecular flexibility index (Phi) is 5.68. The zero-order valence-electron chi connectivity index (χ0n) is 18.4. The highest BCUT2D eigenvalue weighted by atomic mass is 28.3. The second-order valence-corrected chi connectivity index (χ2v) is 11.4. The molecule has 1 aromatic carbocycles. The molecular weight excluding hydrogens is 430 g/mol. The maximum atomic E-state index is 15.0. The van der Waals surface area contributed by atoms with Gasteiger partial charge in [-0.05, 0) is 49.9 Å². The molecule has 0 aliphatic carbocycles. The molecule has 10 heteroatoms. The van der Waals surface area contributed by atoms with Gasteiger partial charge in [0.15, 0.2) is 0 Å². The normalized spacial score (nSPS) is 26.6. The van der Waals surface area contributed by atoms with Crippen LogP contribution in [0.5, 0.6) is 0 Å². The first kappa shape index (κ1) is 23.5. The van der Waals surface area contributed by atoms with Crippen molar-refractivity contribution in [1.82, 2.24) is 4.90 Å². The quantitative estimate of drug-likeness (QED) is 0.464. The van der Waals surface area contributed by atoms with E-state index in [0.29, 0.717) is 11.3 Å². The molecule has 0 spiro atoms. The van der Waals surface area contributed by atoms with Crippen LogP contribution in [-0.2, 0) is 4.43 Å². The number of amides is 2. The van der Waals surface area contributed by atoms with Crippen LogP contribution in [0.3, 0.4) is 0 Å². The van der Waals surface area contributed by atoms with Crippen LogP contribution in [0.2, 0.25) is 13.1 Å². The van der Waals surface area contributed by atoms with E-state index in [2.05, 4.69) is 0 Å². The number of rotatable bonds is 3. The molecule has 3 atom stereocenters. The zero-order valence-corrected chi connectivity index (χ0v) is 19.4. The number of fused-ring (bicyclic) bond motifs is 1. The third-order valence-corrected chi connectivity index (χ3v) is 6.88. The number of hydrogen-bond acceptors (Lipinski definition) is 3. The van der Waals surface area contributed by atoms with Crippen LogP contribution in [-0.4, -0.2) is 44.5 Å². The van der Waals surface area contributed by atoms with E-state index >= 15 is 0 Å². The standard InChI is InChI=1S/C21H26F4N3O2Si/c1-12-15(8-7-13(11-26)16(12)22)28-18(29)27-10-9-14(19(2,3)4)17(27)20(28,21(23,24)25)30-31(5)6/h7-8,14,17H,9-10H2,1-6H3/t14-,17+,20-/m0/s1. The summed E-state index contributed by atoms with van der Waals surface area (Å²) in [4.78, 5) is 15.2. The average Bonchev–Trinajstić information content (AvgIpc) is 3.16. The van der Waals surface area contributed by atoms with Crippen LogP contribution in [0.4, 0.5) is 28.0 Å². The summed E-state index contributed by atoms with van der Waals surface area (Å²) in [6.45, 7) is 10.2. The number of nitrogens with zero attached hydrogens (tertiary/aromatic N) is 3. The molecule has 3 rings (SSSR count). The van der Waals surface area contributed by atoms with Crippen molar-refractivity contribution in [3.63, 3.8) is 0 Å². The topological polar surface area (TPSA) is 56.6 Å². The SMILES string of the molecule is Cc1c(N2C(=O)N3CC[C@H](C(C)(C)C)[C@@H]3[C@]2(O[Si](C)C)C(F)(F)F)ccc(C#N)c1F. The smallest absolute Gasteiger partial charge is 0.386 e. The number of alkyl halides is 3. The minimum Gasteiger partial charge on any atom is -0.386 e. The molecule has 2 fully saturated rings. The summed E-state index contributed by atoms with van der Waals surface area (Å²) in [6.07, 6.45) is -4.51. The Bertz CT molecular complexity index is 938. The lowest BCUT2D eigenvalue weighted by atomic mass is 9.73. The third kappa shape index (κ3) is 3.42. The Morgan fingerprint density at radius 3 is 2.35 bits per heavy atom. The van der Waals surface area contributed by atoms with E-state index in [-0.39, 0.29) is 23.4 Å². The minimum atomic E-state index is -4.94. The molecule has 2 aliphatic rings. The summed E-state index contributed by atoms with van der Waals surface area (Å²) >= 11 is 0. The molecule has 2 aliphatic heterocycles. The van der Waals surface area contributed by atoms with Crippen LogP contribution in [0.1, 0.15) is 38.3 Å². The second-order valence-electron chi connectivity index (χ2n) is 9.40. The van der Waals surface area contributed by atoms with Gasteiger partial charge in [-0.15, -0.1) is 0 Å². The van der Waals surface area contributed by atoms with Gasteiger partial charge in [-0.3, -0.25) is 4.90 Å². The van der Waals surface area contributed by atoms with Crippen molar-refractivity contribution in [1.29, 1.82) is 5.26 Å². The number of anilines is 1. The monoisotopic (exact) mass is 456 g/mol. The number of urea groups is 1. The van der Waals surface area contributed by atoms with Gasteiger partial charge in [-0.2, -0.15) is 18.4 Å². The largest absolute Gasteiger partial charge is 0.438 e. The molecule has 1 aromatic rings. The molecule has 31 heavy (non-hydrogen) atoms. The molecule has 2 amide bonds. The molecule has 1 radical (unpaired) electrons. The fraction of sp³-hybridized carbons (Fsp3) is 0.619. The van der Waals surface area contributed by atoms with Crippen molar-refractivity contribution in [3.8, 4) is 6.07 Å². The van der Waals surface area contributed by atoms with Crippen LogP contribution in [0.15, 0.2) is 12.1 Å². The molecular formula is C21H26F4N3O2Si. The maximum Gasteiger partial charge on any atom is 0.438 e. The molecule has 2 heterocycles. The van der Waals surface area contributed by atoms with Crippen molar-refractivity contribution in [2.75, 3.05) is 11.4 Å². The highest BCUT2D eigenvalue weighted by Crippen LogP contribution is 2.56. The summed E-state index contributed by atoms with van der Waals surface area (Å²) in [6, 6.07) is 1.85. The van der Waals surface area contributed by atoms with E-state index in [1.807, 2.05) is 20.8 Å². The van der Waals surface area contributed by atoms with Crippen LogP contribution in [0.25, 0.3) is 0 Å². The third-order valence-electron chi connectivity index (χ3n) is 6.17. The number of carbonyl (C=O) groups excluding carboxylic acids is 1. The van der Waals surface area contributed by atoms with E-state index in [4.69, 9.17) is 9.69 Å². The maximum absolute atomic E-state index is 15.0. The Balaban J connectivity index is 2.34. The van der Waals surface area contributed by atoms with Gasteiger partial charge in [0.1, 0.15) is 11.9 Å². The van der Waals surface area contributed by atoms with E-state index < -0.39 is 50.2 Å². The number of halogens is 4. The Morgan fingerprint density at radius 1 is 1.26 bits per heavy atom. The lowest BCUT2D eigenvalue weighted by Gasteiger charge is -2.46. The van der Waals surface area contributed by atoms with Crippen molar-refractivity contribution < 1.29 is 26.8 Å². The lowest BCUT2D eigenvalue weighted by Crippen LogP contribution is -2.67. The molecule has 0 unspecified atom stereocenters. The fourth-order valence-corrected chi connectivity index (χ4v) is 5.81. The van der Waals surface area contributed by atoms with E-state index in [0.717, 1.165) is 6.07 Å². The fourth-order valence-electron chi connectivity index (χ4n) is 4.86. The number of carbonyl (C=O) groups is 1. The molecule has 169 valence electrons. The summed E-state index contributed by atoms with van der Waals surface area (Å²) < 4.78 is 65.4. The lowest BCUT2D eigenvalue weighted by molar-refractivity contribution is -0.260. The van der Waals surface area contributed by atoms with Gasteiger partial charge >= 0.3 is 12.2 Å². The Labute approximate surface area is 181 Å². The first-order valence-electron chi connectivity index (χ1n) is 10.0. The van der Waals surface area contributed by atoms with Gasteiger partial charge in [0.25, 0.3) is 5.72 Å². The van der Waals surface area contributed by atoms with Crippen LogP contribution < -0.4 is 4.90 Å². The summed E-state index contributed by atoms with van der Waals surface area (Å²) in [7, 11) is -1.95. The molecule has 2 saturated heterocycles. The van der Waals surface area contributed by atoms with Crippen molar-refractivity contribution >= 4 is 20.8 Å². The van der Waals surface area contributed by atoms with Gasteiger partial charge in [-0.25, -0.2) is 9.18 Å². The predicted molar refractivity (Wildman–Crippen MR) is 109 cm³/mol. The molecule has 0 bridgehead atoms. The van der Waals surface area contributed by atoms with Gasteiger partial charge in [0.05, 0.1) is 17.3 Å². The van der Waals surface area contributed by atoms with Gasteiger partial charge in [0.2, 0.25) is 9.04 Å². The zero-order chi connectivity index (χ0) is 23.5. The number of nitriles is 1. The van der Waals surface area contributed by atoms with Crippen molar-refractivity contribution in [2.45, 2.75) is 65.2 Å². The van der Waals surface area contributed by atoms with Gasteiger partial charge < -0.3 is 9.33 Å². The Morgan fingerprint density at radius 2 is 1.87 bits per heavy atom. The van der Waals surface area contributed by atoms with E-state index in [1.165, 1.54) is 17.9 Å². The van der Waals surface area contributed by atoms with Crippen molar-refractivity contribution in [3.05, 3.63) is 29.1 Å². The number of hydrogen-bond donors (Lipinski definition) is 0. The first-order chi connectivity index (χ1) is 14.2. The molecule has 0 aromatic heterocycles. The molecule has 5 nitrogen and oxygen atoms in total. The highest BCUT2D eigenvalue weighted by Gasteiger charge is 2.76. The summed E-state index contributed by atoms with van der Waals surface area (Å²) in [5.74, 6) is -1.42. The van der Waals surface area contributed by atoms with Crippen LogP contribution in [0, 0.1) is 35.4 Å². The average molecular weight is 457 g/mol. The summed E-state index contributed by atoms with van der Waals surface area (Å²) in [5.41, 5.74) is -4.19. The van der Waals surface area contributed by atoms with Crippen molar-refractivity contribution in [2.24, 2.45) is 11.3 Å². The van der Waals surface area contributed by atoms with E-state index in [9.17, 15) is 22.4 Å². The summed E-state index contributed by atoms with van der Waals surface area (Å²) in [5, 5.41) is 9.08. The Hall–Kier alpha value is -2.12. The molecule has 0 saturated carbocycles. The van der Waals surface area contributed by atoms with E-state index in [1.54, 1.807) is 19.2 Å². The molecule has 0 N–H and O–H groups in total. The predicted octanol–water partition coefficient (Wildman–Crippen LogP) is 5.21. The van der Waals surface area contributed by atoms with Gasteiger partial charge in [0, 0.05) is 12.1 Å².